The Morgan fingerprint density at radius 2 is 1.73 bits per heavy atom. The van der Waals surface area contributed by atoms with Crippen molar-refractivity contribution >= 4 is 40.8 Å². The minimum absolute atomic E-state index is 0.0213. The number of hydrogen-bond donors (Lipinski definition) is 3. The Labute approximate surface area is 239 Å². The number of carbonyl (C=O) groups is 4. The van der Waals surface area contributed by atoms with E-state index in [2.05, 4.69) is 10.6 Å². The van der Waals surface area contributed by atoms with E-state index in [1.54, 1.807) is 18.2 Å². The SMILES string of the molecule is CC(C)=CCN1CC(NC(=O)Nc2cccc(C(=O)O)c2)C(=O)N(CC(=O)c2ccccc2C)c2cc(C)ccc21. The lowest BCUT2D eigenvalue weighted by Gasteiger charge is -2.26. The topological polar surface area (TPSA) is 119 Å². The van der Waals surface area contributed by atoms with E-state index >= 15 is 0 Å². The van der Waals surface area contributed by atoms with Gasteiger partial charge in [0.15, 0.2) is 5.78 Å². The number of ketones is 1. The molecular weight excluding hydrogens is 520 g/mol. The number of aromatic carboxylic acids is 1. The van der Waals surface area contributed by atoms with Gasteiger partial charge in [-0.2, -0.15) is 0 Å². The van der Waals surface area contributed by atoms with E-state index in [9.17, 15) is 24.3 Å². The number of aryl methyl sites for hydroxylation is 2. The molecule has 41 heavy (non-hydrogen) atoms. The van der Waals surface area contributed by atoms with Gasteiger partial charge in [-0.1, -0.05) is 48.0 Å². The number of rotatable bonds is 8. The fraction of sp³-hybridized carbons (Fsp3) is 0.250. The molecule has 0 radical (unpaired) electrons. The first-order valence-corrected chi connectivity index (χ1v) is 13.3. The summed E-state index contributed by atoms with van der Waals surface area (Å²) in [5.41, 5.74) is 5.03. The molecule has 3 N–H and O–H groups in total. The van der Waals surface area contributed by atoms with Crippen molar-refractivity contribution in [1.82, 2.24) is 5.32 Å². The van der Waals surface area contributed by atoms with Gasteiger partial charge in [-0.3, -0.25) is 9.59 Å². The second kappa shape index (κ2) is 12.5. The van der Waals surface area contributed by atoms with E-state index in [0.29, 0.717) is 17.8 Å². The first kappa shape index (κ1) is 29.1. The van der Waals surface area contributed by atoms with Crippen LogP contribution < -0.4 is 20.4 Å². The average Bonchev–Trinajstić information content (AvgIpc) is 3.02. The van der Waals surface area contributed by atoms with Gasteiger partial charge in [0.25, 0.3) is 5.91 Å². The lowest BCUT2D eigenvalue weighted by molar-refractivity contribution is -0.120. The number of carboxylic acids is 1. The molecule has 3 aromatic carbocycles. The number of anilines is 3. The van der Waals surface area contributed by atoms with Crippen LogP contribution in [0, 0.1) is 13.8 Å². The monoisotopic (exact) mass is 554 g/mol. The molecule has 0 spiro atoms. The number of carboxylic acid groups (broad SMARTS) is 1. The first-order chi connectivity index (χ1) is 19.5. The fourth-order valence-electron chi connectivity index (χ4n) is 4.73. The van der Waals surface area contributed by atoms with E-state index < -0.39 is 23.9 Å². The number of hydrogen-bond acceptors (Lipinski definition) is 5. The molecule has 212 valence electrons. The van der Waals surface area contributed by atoms with Crippen molar-refractivity contribution in [2.75, 3.05) is 34.8 Å². The quantitative estimate of drug-likeness (QED) is 0.260. The van der Waals surface area contributed by atoms with Crippen molar-refractivity contribution in [3.8, 4) is 0 Å². The van der Waals surface area contributed by atoms with Crippen LogP contribution in [-0.4, -0.2) is 54.5 Å². The largest absolute Gasteiger partial charge is 0.478 e. The average molecular weight is 555 g/mol. The molecule has 0 bridgehead atoms. The second-order valence-corrected chi connectivity index (χ2v) is 10.4. The molecule has 3 aromatic rings. The highest BCUT2D eigenvalue weighted by Gasteiger charge is 2.36. The summed E-state index contributed by atoms with van der Waals surface area (Å²) >= 11 is 0. The minimum atomic E-state index is -1.12. The summed E-state index contributed by atoms with van der Waals surface area (Å²) < 4.78 is 0. The molecule has 9 nitrogen and oxygen atoms in total. The van der Waals surface area contributed by atoms with Crippen molar-refractivity contribution in [1.29, 1.82) is 0 Å². The van der Waals surface area contributed by atoms with Gasteiger partial charge in [-0.25, -0.2) is 9.59 Å². The number of nitrogens with zero attached hydrogens (tertiary/aromatic N) is 2. The summed E-state index contributed by atoms with van der Waals surface area (Å²) in [5, 5.41) is 14.7. The smallest absolute Gasteiger partial charge is 0.335 e. The third kappa shape index (κ3) is 7.00. The highest BCUT2D eigenvalue weighted by atomic mass is 16.4. The molecule has 3 amide bonds. The van der Waals surface area contributed by atoms with Crippen LogP contribution in [0.25, 0.3) is 0 Å². The molecule has 1 aliphatic heterocycles. The Morgan fingerprint density at radius 1 is 0.976 bits per heavy atom. The third-order valence-corrected chi connectivity index (χ3v) is 6.87. The molecule has 0 saturated heterocycles. The predicted molar refractivity (Wildman–Crippen MR) is 160 cm³/mol. The van der Waals surface area contributed by atoms with Crippen LogP contribution in [0.4, 0.5) is 21.9 Å². The van der Waals surface area contributed by atoms with E-state index in [0.717, 1.165) is 22.4 Å². The van der Waals surface area contributed by atoms with Crippen molar-refractivity contribution in [2.24, 2.45) is 0 Å². The number of allylic oxidation sites excluding steroid dienone is 1. The summed E-state index contributed by atoms with van der Waals surface area (Å²) in [7, 11) is 0. The molecule has 0 aromatic heterocycles. The summed E-state index contributed by atoms with van der Waals surface area (Å²) in [4.78, 5) is 55.5. The zero-order valence-electron chi connectivity index (χ0n) is 23.6. The van der Waals surface area contributed by atoms with Crippen molar-refractivity contribution in [3.05, 3.63) is 101 Å². The number of carbonyl (C=O) groups excluding carboxylic acids is 3. The van der Waals surface area contributed by atoms with Crippen molar-refractivity contribution in [2.45, 2.75) is 33.7 Å². The van der Waals surface area contributed by atoms with E-state index in [-0.39, 0.29) is 30.1 Å². The standard InChI is InChI=1S/C32H34N4O5/c1-20(2)14-15-35-18-26(34-32(41)33-24-10-7-9-23(17-24)31(39)40)30(38)36(28-16-21(3)12-13-27(28)35)19-29(37)25-11-6-5-8-22(25)4/h5-14,16-17,26H,15,18-19H2,1-4H3,(H,39,40)(H2,33,34,41). The zero-order valence-corrected chi connectivity index (χ0v) is 23.6. The van der Waals surface area contributed by atoms with Gasteiger partial charge < -0.3 is 25.5 Å². The maximum atomic E-state index is 14.1. The number of fused-ring (bicyclic) bond motifs is 1. The van der Waals surface area contributed by atoms with E-state index in [4.69, 9.17) is 0 Å². The molecule has 1 unspecified atom stereocenters. The predicted octanol–water partition coefficient (Wildman–Crippen LogP) is 5.19. The minimum Gasteiger partial charge on any atom is -0.478 e. The molecule has 9 heteroatoms. The van der Waals surface area contributed by atoms with E-state index in [1.165, 1.54) is 23.1 Å². The lowest BCUT2D eigenvalue weighted by Crippen LogP contribution is -2.54. The van der Waals surface area contributed by atoms with Gasteiger partial charge in [-0.15, -0.1) is 0 Å². The number of nitrogens with one attached hydrogen (secondary N) is 2. The van der Waals surface area contributed by atoms with Crippen molar-refractivity contribution < 1.29 is 24.3 Å². The molecule has 1 aliphatic rings. The summed E-state index contributed by atoms with van der Waals surface area (Å²) in [5.74, 6) is -1.76. The summed E-state index contributed by atoms with van der Waals surface area (Å²) in [6, 6.07) is 17.2. The molecular formula is C32H34N4O5. The van der Waals surface area contributed by atoms with Crippen LogP contribution in [0.1, 0.15) is 45.7 Å². The van der Waals surface area contributed by atoms with Crippen molar-refractivity contribution in [3.63, 3.8) is 0 Å². The zero-order chi connectivity index (χ0) is 29.7. The highest BCUT2D eigenvalue weighted by molar-refractivity contribution is 6.10. The summed E-state index contributed by atoms with van der Waals surface area (Å²) in [6.45, 7) is 8.21. The Kier molecular flexibility index (Phi) is 8.87. The number of Topliss-reactive ketones (excluding diaryl/α,β-unsaturated/α-hetero) is 1. The first-order valence-electron chi connectivity index (χ1n) is 13.3. The maximum absolute atomic E-state index is 14.1. The van der Waals surface area contributed by atoms with Gasteiger partial charge in [-0.05, 0) is 69.2 Å². The Hall–Kier alpha value is -4.92. The molecule has 1 heterocycles. The van der Waals surface area contributed by atoms with Gasteiger partial charge in [0.05, 0.1) is 23.5 Å². The Bertz CT molecular complexity index is 1530. The number of benzene rings is 3. The summed E-state index contributed by atoms with van der Waals surface area (Å²) in [6.07, 6.45) is 2.04. The molecule has 1 atom stereocenters. The highest BCUT2D eigenvalue weighted by Crippen LogP contribution is 2.34. The van der Waals surface area contributed by atoms with Gasteiger partial charge in [0.1, 0.15) is 6.04 Å². The Morgan fingerprint density at radius 3 is 2.44 bits per heavy atom. The van der Waals surface area contributed by atoms with Gasteiger partial charge in [0.2, 0.25) is 0 Å². The maximum Gasteiger partial charge on any atom is 0.335 e. The molecule has 0 aliphatic carbocycles. The third-order valence-electron chi connectivity index (χ3n) is 6.87. The molecule has 0 saturated carbocycles. The van der Waals surface area contributed by atoms with Crippen LogP contribution in [-0.2, 0) is 4.79 Å². The number of amides is 3. The second-order valence-electron chi connectivity index (χ2n) is 10.4. The van der Waals surface area contributed by atoms with E-state index in [1.807, 2.05) is 69.0 Å². The van der Waals surface area contributed by atoms with Crippen LogP contribution in [0.5, 0.6) is 0 Å². The normalized spacial score (nSPS) is 14.5. The van der Waals surface area contributed by atoms with Crippen LogP contribution in [0.15, 0.2) is 78.4 Å². The van der Waals surface area contributed by atoms with Crippen LogP contribution >= 0.6 is 0 Å². The van der Waals surface area contributed by atoms with Gasteiger partial charge >= 0.3 is 12.0 Å². The lowest BCUT2D eigenvalue weighted by atomic mass is 10.0. The van der Waals surface area contributed by atoms with Crippen LogP contribution in [0.2, 0.25) is 0 Å². The Balaban J connectivity index is 1.69. The van der Waals surface area contributed by atoms with Gasteiger partial charge in [0, 0.05) is 24.3 Å². The fourth-order valence-corrected chi connectivity index (χ4v) is 4.73. The molecule has 4 rings (SSSR count). The van der Waals surface area contributed by atoms with Crippen LogP contribution in [0.3, 0.4) is 0 Å². The molecule has 0 fully saturated rings. The number of urea groups is 1.